The fourth-order valence-corrected chi connectivity index (χ4v) is 5.92. The number of fused-ring (bicyclic) bond motifs is 1. The van der Waals surface area contributed by atoms with Crippen LogP contribution >= 0.6 is 0 Å². The Morgan fingerprint density at radius 1 is 1.17 bits per heavy atom. The summed E-state index contributed by atoms with van der Waals surface area (Å²) in [6.07, 6.45) is 0.171. The average molecular weight is 508 g/mol. The van der Waals surface area contributed by atoms with Gasteiger partial charge in [-0.25, -0.2) is 8.42 Å². The zero-order valence-electron chi connectivity index (χ0n) is 19.5. The smallest absolute Gasteiger partial charge is 0.244 e. The molecule has 186 valence electrons. The van der Waals surface area contributed by atoms with E-state index in [-0.39, 0.29) is 24.4 Å². The van der Waals surface area contributed by atoms with Gasteiger partial charge >= 0.3 is 0 Å². The van der Waals surface area contributed by atoms with Gasteiger partial charge in [0.1, 0.15) is 11.8 Å². The van der Waals surface area contributed by atoms with E-state index in [0.29, 0.717) is 28.0 Å². The number of hydrogen-bond acceptors (Lipinski definition) is 7. The summed E-state index contributed by atoms with van der Waals surface area (Å²) in [6.45, 7) is -0.287. The van der Waals surface area contributed by atoms with Crippen molar-refractivity contribution in [2.45, 2.75) is 23.9 Å². The monoisotopic (exact) mass is 507 g/mol. The molecule has 1 fully saturated rings. The van der Waals surface area contributed by atoms with Gasteiger partial charge in [0, 0.05) is 18.8 Å². The van der Waals surface area contributed by atoms with E-state index >= 15 is 0 Å². The highest BCUT2D eigenvalue weighted by Gasteiger charge is 2.42. The van der Waals surface area contributed by atoms with Crippen molar-refractivity contribution < 1.29 is 22.7 Å². The lowest BCUT2D eigenvalue weighted by atomic mass is 10.1. The second-order valence-electron chi connectivity index (χ2n) is 8.48. The number of nitriles is 1. The molecular weight excluding hydrogens is 482 g/mol. The number of benzene rings is 3. The van der Waals surface area contributed by atoms with Crippen LogP contribution in [0.15, 0.2) is 59.5 Å². The number of methoxy groups -OCH3 is 1. The van der Waals surface area contributed by atoms with Crippen LogP contribution < -0.4 is 16.2 Å². The Balaban J connectivity index is 1.65. The number of hydrogen-bond donors (Lipinski definition) is 2. The molecule has 4 rings (SSSR count). The van der Waals surface area contributed by atoms with Gasteiger partial charge in [-0.3, -0.25) is 9.59 Å². The molecule has 0 unspecified atom stereocenters. The van der Waals surface area contributed by atoms with Gasteiger partial charge < -0.3 is 21.1 Å². The topological polar surface area (TPSA) is 160 Å². The quantitative estimate of drug-likeness (QED) is 0.438. The van der Waals surface area contributed by atoms with Crippen molar-refractivity contribution in [3.8, 4) is 11.8 Å². The van der Waals surface area contributed by atoms with Crippen LogP contribution in [0.2, 0.25) is 0 Å². The second-order valence-corrected chi connectivity index (χ2v) is 10.4. The first kappa shape index (κ1) is 25.0. The molecule has 3 aromatic carbocycles. The average Bonchev–Trinajstić information content (AvgIpc) is 3.22. The number of rotatable bonds is 8. The van der Waals surface area contributed by atoms with Gasteiger partial charge in [0.15, 0.2) is 0 Å². The summed E-state index contributed by atoms with van der Waals surface area (Å²) in [4.78, 5) is 26.6. The van der Waals surface area contributed by atoms with E-state index in [0.717, 1.165) is 9.69 Å². The molecule has 1 aliphatic heterocycles. The first-order chi connectivity index (χ1) is 17.1. The number of sulfonamides is 1. The van der Waals surface area contributed by atoms with E-state index in [1.54, 1.807) is 42.5 Å². The Morgan fingerprint density at radius 3 is 2.61 bits per heavy atom. The number of likely N-dealkylation sites (tertiary alicyclic amines) is 1. The highest BCUT2D eigenvalue weighted by molar-refractivity contribution is 7.89. The Hall–Kier alpha value is -4.14. The van der Waals surface area contributed by atoms with Crippen LogP contribution in [0.25, 0.3) is 10.8 Å². The minimum atomic E-state index is -4.26. The summed E-state index contributed by atoms with van der Waals surface area (Å²) in [5.41, 5.74) is 12.8. The number of primary amides is 1. The first-order valence-electron chi connectivity index (χ1n) is 11.1. The van der Waals surface area contributed by atoms with Crippen molar-refractivity contribution in [2.75, 3.05) is 25.9 Å². The number of anilines is 1. The molecule has 0 radical (unpaired) electrons. The maximum Gasteiger partial charge on any atom is 0.244 e. The molecule has 0 aliphatic carbocycles. The van der Waals surface area contributed by atoms with Crippen molar-refractivity contribution in [3.05, 3.63) is 65.7 Å². The van der Waals surface area contributed by atoms with Gasteiger partial charge in [0.05, 0.1) is 30.2 Å². The molecule has 0 bridgehead atoms. The molecule has 11 heteroatoms. The molecular formula is C25H25N5O5S. The third-order valence-corrected chi connectivity index (χ3v) is 8.04. The molecule has 36 heavy (non-hydrogen) atoms. The predicted octanol–water partition coefficient (Wildman–Crippen LogP) is 1.58. The van der Waals surface area contributed by atoms with E-state index in [9.17, 15) is 18.0 Å². The van der Waals surface area contributed by atoms with Gasteiger partial charge in [0.25, 0.3) is 0 Å². The number of amides is 2. The van der Waals surface area contributed by atoms with Gasteiger partial charge in [-0.15, -0.1) is 0 Å². The predicted molar refractivity (Wildman–Crippen MR) is 133 cm³/mol. The van der Waals surface area contributed by atoms with E-state index in [1.807, 2.05) is 6.07 Å². The lowest BCUT2D eigenvalue weighted by molar-refractivity contribution is -0.131. The van der Waals surface area contributed by atoms with Crippen molar-refractivity contribution in [2.24, 2.45) is 5.73 Å². The third kappa shape index (κ3) is 4.82. The summed E-state index contributed by atoms with van der Waals surface area (Å²) in [7, 11) is -2.75. The number of nitrogens with zero attached hydrogens (tertiary/aromatic N) is 3. The molecule has 10 nitrogen and oxygen atoms in total. The highest BCUT2D eigenvalue weighted by Crippen LogP contribution is 2.29. The van der Waals surface area contributed by atoms with E-state index in [1.165, 1.54) is 24.1 Å². The number of carbonyl (C=O) groups excluding carboxylic acids is 2. The standard InChI is InChI=1S/C25H25N5O5S/c1-35-20-5-3-17-4-6-21(12-18(17)11-20)36(33,34)30(15-24(28)31)23-8-9-29(25(23)32)14-19-10-16(13-26)2-7-22(19)27/h2-7,10-12,23H,8-9,14-15,27H2,1H3,(H2,28,31)/t23-/m0/s1. The van der Waals surface area contributed by atoms with Crippen LogP contribution in [0.4, 0.5) is 5.69 Å². The molecule has 2 amide bonds. The lowest BCUT2D eigenvalue weighted by Gasteiger charge is -2.26. The van der Waals surface area contributed by atoms with Crippen molar-refractivity contribution in [1.82, 2.24) is 9.21 Å². The molecule has 0 saturated carbocycles. The van der Waals surface area contributed by atoms with E-state index < -0.39 is 34.4 Å². The number of ether oxygens (including phenoxy) is 1. The zero-order chi connectivity index (χ0) is 26.0. The summed E-state index contributed by atoms with van der Waals surface area (Å²) in [5.74, 6) is -0.783. The van der Waals surface area contributed by atoms with Crippen molar-refractivity contribution >= 4 is 38.3 Å². The number of nitrogens with two attached hydrogens (primary N) is 2. The summed E-state index contributed by atoms with van der Waals surface area (Å²) in [5, 5.41) is 10.6. The summed E-state index contributed by atoms with van der Waals surface area (Å²) < 4.78 is 33.4. The zero-order valence-corrected chi connectivity index (χ0v) is 20.4. The molecule has 0 spiro atoms. The maximum absolute atomic E-state index is 13.7. The highest BCUT2D eigenvalue weighted by atomic mass is 32.2. The Kier molecular flexibility index (Phi) is 6.83. The second kappa shape index (κ2) is 9.85. The van der Waals surface area contributed by atoms with E-state index in [2.05, 4.69) is 0 Å². The fourth-order valence-electron chi connectivity index (χ4n) is 4.31. The molecule has 1 saturated heterocycles. The van der Waals surface area contributed by atoms with Crippen molar-refractivity contribution in [1.29, 1.82) is 5.26 Å². The van der Waals surface area contributed by atoms with Gasteiger partial charge in [-0.05, 0) is 65.2 Å². The Labute approximate surface area is 208 Å². The fraction of sp³-hybridized carbons (Fsp3) is 0.240. The molecule has 1 aliphatic rings. The van der Waals surface area contributed by atoms with Gasteiger partial charge in [-0.2, -0.15) is 9.57 Å². The SMILES string of the molecule is COc1ccc2ccc(S(=O)(=O)N(CC(N)=O)[C@H]3CCN(Cc4cc(C#N)ccc4N)C3=O)cc2c1. The Morgan fingerprint density at radius 2 is 1.92 bits per heavy atom. The van der Waals surface area contributed by atoms with Gasteiger partial charge in [0.2, 0.25) is 21.8 Å². The minimum absolute atomic E-state index is 0.0679. The number of nitrogen functional groups attached to an aromatic ring is 1. The van der Waals surface area contributed by atoms with Crippen LogP contribution in [-0.4, -0.2) is 55.7 Å². The Bertz CT molecular complexity index is 1500. The van der Waals surface area contributed by atoms with Gasteiger partial charge in [-0.1, -0.05) is 12.1 Å². The third-order valence-electron chi connectivity index (χ3n) is 6.19. The van der Waals surface area contributed by atoms with Crippen LogP contribution in [0.5, 0.6) is 5.75 Å². The largest absolute Gasteiger partial charge is 0.497 e. The lowest BCUT2D eigenvalue weighted by Crippen LogP contribution is -2.48. The number of carbonyl (C=O) groups is 2. The van der Waals surface area contributed by atoms with Crippen LogP contribution in [0.3, 0.4) is 0 Å². The molecule has 1 heterocycles. The van der Waals surface area contributed by atoms with Crippen LogP contribution in [-0.2, 0) is 26.2 Å². The van der Waals surface area contributed by atoms with Crippen LogP contribution in [0.1, 0.15) is 17.5 Å². The molecule has 3 aromatic rings. The van der Waals surface area contributed by atoms with E-state index in [4.69, 9.17) is 21.5 Å². The first-order valence-corrected chi connectivity index (χ1v) is 12.5. The molecule has 0 aromatic heterocycles. The minimum Gasteiger partial charge on any atom is -0.497 e. The molecule has 1 atom stereocenters. The maximum atomic E-state index is 13.7. The van der Waals surface area contributed by atoms with Crippen LogP contribution in [0, 0.1) is 11.3 Å². The summed E-state index contributed by atoms with van der Waals surface area (Å²) >= 11 is 0. The molecule has 4 N–H and O–H groups in total. The normalized spacial score (nSPS) is 15.9. The summed E-state index contributed by atoms with van der Waals surface area (Å²) in [6, 6.07) is 15.5. The van der Waals surface area contributed by atoms with Crippen molar-refractivity contribution in [3.63, 3.8) is 0 Å².